The third-order valence-electron chi connectivity index (χ3n) is 6.29. The van der Waals surface area contributed by atoms with Gasteiger partial charge >= 0.3 is 0 Å². The summed E-state index contributed by atoms with van der Waals surface area (Å²) in [5.74, 6) is -1.58. The summed E-state index contributed by atoms with van der Waals surface area (Å²) < 4.78 is 31.5. The number of nitrogens with one attached hydrogen (secondary N) is 1. The van der Waals surface area contributed by atoms with Gasteiger partial charge in [0.25, 0.3) is 0 Å². The van der Waals surface area contributed by atoms with Gasteiger partial charge < -0.3 is 10.4 Å². The van der Waals surface area contributed by atoms with E-state index in [1.165, 1.54) is 23.4 Å². The van der Waals surface area contributed by atoms with Crippen molar-refractivity contribution >= 4 is 40.6 Å². The third kappa shape index (κ3) is 5.58. The van der Waals surface area contributed by atoms with Crippen molar-refractivity contribution in [2.75, 3.05) is 5.32 Å². The predicted octanol–water partition coefficient (Wildman–Crippen LogP) is 5.74. The van der Waals surface area contributed by atoms with E-state index in [4.69, 9.17) is 11.6 Å². The van der Waals surface area contributed by atoms with Gasteiger partial charge in [0.05, 0.1) is 18.1 Å². The first-order valence-corrected chi connectivity index (χ1v) is 11.7. The Kier molecular flexibility index (Phi) is 7.77. The highest BCUT2D eigenvalue weighted by atomic mass is 35.5. The maximum atomic E-state index is 14.9. The van der Waals surface area contributed by atoms with Gasteiger partial charge in [0, 0.05) is 40.5 Å². The van der Waals surface area contributed by atoms with Crippen molar-refractivity contribution in [3.8, 4) is 0 Å². The van der Waals surface area contributed by atoms with Crippen LogP contribution < -0.4 is 5.32 Å². The number of anilines is 1. The van der Waals surface area contributed by atoms with Crippen LogP contribution in [0.25, 0.3) is 10.9 Å². The molecule has 0 saturated carbocycles. The summed E-state index contributed by atoms with van der Waals surface area (Å²) in [5.41, 5.74) is 0.831. The number of benzene rings is 3. The van der Waals surface area contributed by atoms with Gasteiger partial charge in [-0.3, -0.25) is 4.68 Å². The van der Waals surface area contributed by atoms with Crippen molar-refractivity contribution in [2.24, 2.45) is 0 Å². The molecule has 0 amide bonds. The van der Waals surface area contributed by atoms with E-state index in [0.717, 1.165) is 28.8 Å². The second-order valence-corrected chi connectivity index (χ2v) is 9.12. The Balaban J connectivity index is 0.00000320. The van der Waals surface area contributed by atoms with Gasteiger partial charge in [0.2, 0.25) is 0 Å². The molecule has 0 spiro atoms. The Morgan fingerprint density at radius 3 is 2.57 bits per heavy atom. The van der Waals surface area contributed by atoms with Gasteiger partial charge in [-0.1, -0.05) is 29.8 Å². The van der Waals surface area contributed by atoms with Gasteiger partial charge in [0.1, 0.15) is 29.9 Å². The van der Waals surface area contributed by atoms with Crippen LogP contribution in [0.15, 0.2) is 79.5 Å². The van der Waals surface area contributed by atoms with Gasteiger partial charge in [-0.2, -0.15) is 10.2 Å². The third-order valence-corrected chi connectivity index (χ3v) is 6.54. The van der Waals surface area contributed by atoms with Gasteiger partial charge in [-0.05, 0) is 48.9 Å². The van der Waals surface area contributed by atoms with E-state index >= 15 is 0 Å². The van der Waals surface area contributed by atoms with Crippen molar-refractivity contribution in [1.29, 1.82) is 0 Å². The number of fused-ring (bicyclic) bond motifs is 1. The molecule has 37 heavy (non-hydrogen) atoms. The predicted molar refractivity (Wildman–Crippen MR) is 141 cm³/mol. The summed E-state index contributed by atoms with van der Waals surface area (Å²) in [6, 6.07) is 15.7. The Labute approximate surface area is 223 Å². The summed E-state index contributed by atoms with van der Waals surface area (Å²) >= 11 is 5.96. The van der Waals surface area contributed by atoms with E-state index < -0.39 is 23.3 Å². The second kappa shape index (κ2) is 10.8. The first-order chi connectivity index (χ1) is 17.3. The largest absolute Gasteiger partial charge is 0.381 e. The summed E-state index contributed by atoms with van der Waals surface area (Å²) in [7, 11) is 0. The molecule has 2 heterocycles. The van der Waals surface area contributed by atoms with E-state index in [9.17, 15) is 13.9 Å². The number of hydrogen-bond acceptors (Lipinski definition) is 5. The summed E-state index contributed by atoms with van der Waals surface area (Å²) in [4.78, 5) is 3.91. The minimum Gasteiger partial charge on any atom is -0.381 e. The normalized spacial score (nSPS) is 13.6. The molecule has 11 heteroatoms. The smallest absolute Gasteiger partial charge is 0.137 e. The fraction of sp³-hybridized carbons (Fsp3) is 0.192. The van der Waals surface area contributed by atoms with Crippen molar-refractivity contribution < 1.29 is 13.9 Å². The van der Waals surface area contributed by atoms with Gasteiger partial charge in [-0.15, -0.1) is 12.4 Å². The number of aliphatic hydroxyl groups is 1. The molecule has 3 aromatic carbocycles. The quantitative estimate of drug-likeness (QED) is 0.260. The Morgan fingerprint density at radius 1 is 1.08 bits per heavy atom. The van der Waals surface area contributed by atoms with Crippen LogP contribution in [0, 0.1) is 11.6 Å². The molecule has 0 saturated heterocycles. The highest BCUT2D eigenvalue weighted by molar-refractivity contribution is 6.30. The van der Waals surface area contributed by atoms with Crippen molar-refractivity contribution in [3.05, 3.63) is 107 Å². The first-order valence-electron chi connectivity index (χ1n) is 11.3. The zero-order valence-corrected chi connectivity index (χ0v) is 21.3. The number of halogens is 4. The van der Waals surface area contributed by atoms with E-state index in [1.54, 1.807) is 17.8 Å². The van der Waals surface area contributed by atoms with Crippen LogP contribution in [-0.4, -0.2) is 29.7 Å². The average Bonchev–Trinajstić information content (AvgIpc) is 3.52. The maximum Gasteiger partial charge on any atom is 0.137 e. The van der Waals surface area contributed by atoms with Crippen molar-refractivity contribution in [3.63, 3.8) is 0 Å². The standard InChI is InChI=1S/C26H23ClF2N6O.ClH/c1-17(26(36,14-34-16-30-15-32-34)23-8-6-21(28)11-24(23)29)35-13-19-10-22(7-9-25(19)33-35)31-12-18-2-4-20(27)5-3-18;/h2-11,13,15-17,31,36H,12,14H2,1H3;1H/t17-,26-;/m1./s1. The number of aromatic nitrogens is 5. The zero-order chi connectivity index (χ0) is 25.3. The second-order valence-electron chi connectivity index (χ2n) is 8.68. The van der Waals surface area contributed by atoms with Crippen LogP contribution in [0.1, 0.15) is 24.1 Å². The molecule has 2 atom stereocenters. The van der Waals surface area contributed by atoms with Crippen molar-refractivity contribution in [1.82, 2.24) is 24.5 Å². The molecule has 0 unspecified atom stereocenters. The lowest BCUT2D eigenvalue weighted by Crippen LogP contribution is -2.40. The number of rotatable bonds is 8. The Morgan fingerprint density at radius 2 is 1.86 bits per heavy atom. The molecular formula is C26H24Cl2F2N6O. The average molecular weight is 545 g/mol. The molecule has 5 rings (SSSR count). The van der Waals surface area contributed by atoms with E-state index in [0.29, 0.717) is 17.1 Å². The first kappa shape index (κ1) is 26.5. The zero-order valence-electron chi connectivity index (χ0n) is 19.7. The van der Waals surface area contributed by atoms with Crippen molar-refractivity contribution in [2.45, 2.75) is 31.7 Å². The van der Waals surface area contributed by atoms with Crippen LogP contribution in [0.4, 0.5) is 14.5 Å². The van der Waals surface area contributed by atoms with Crippen LogP contribution in [0.2, 0.25) is 5.02 Å². The molecule has 0 aliphatic carbocycles. The number of hydrogen-bond donors (Lipinski definition) is 2. The highest BCUT2D eigenvalue weighted by Crippen LogP contribution is 2.37. The van der Waals surface area contributed by atoms with E-state index in [1.807, 2.05) is 42.5 Å². The van der Waals surface area contributed by atoms with Crippen LogP contribution in [-0.2, 0) is 18.7 Å². The summed E-state index contributed by atoms with van der Waals surface area (Å²) in [6.07, 6.45) is 4.55. The molecule has 0 bridgehead atoms. The fourth-order valence-electron chi connectivity index (χ4n) is 4.22. The molecule has 0 radical (unpaired) electrons. The highest BCUT2D eigenvalue weighted by Gasteiger charge is 2.40. The molecule has 5 aromatic rings. The van der Waals surface area contributed by atoms with E-state index in [-0.39, 0.29) is 24.5 Å². The molecule has 0 aliphatic rings. The Hall–Kier alpha value is -3.53. The molecule has 2 N–H and O–H groups in total. The van der Waals surface area contributed by atoms with Crippen LogP contribution in [0.3, 0.4) is 0 Å². The number of nitrogens with zero attached hydrogens (tertiary/aromatic N) is 5. The lowest BCUT2D eigenvalue weighted by atomic mass is 9.86. The molecule has 2 aromatic heterocycles. The molecule has 0 aliphatic heterocycles. The molecule has 7 nitrogen and oxygen atoms in total. The monoisotopic (exact) mass is 544 g/mol. The van der Waals surface area contributed by atoms with Gasteiger partial charge in [0.15, 0.2) is 0 Å². The topological polar surface area (TPSA) is 80.8 Å². The Bertz CT molecular complexity index is 1490. The fourth-order valence-corrected chi connectivity index (χ4v) is 4.35. The minimum absolute atomic E-state index is 0. The maximum absolute atomic E-state index is 14.9. The van der Waals surface area contributed by atoms with E-state index in [2.05, 4.69) is 20.5 Å². The summed E-state index contributed by atoms with van der Waals surface area (Å²) in [6.45, 7) is 2.24. The van der Waals surface area contributed by atoms with Crippen LogP contribution in [0.5, 0.6) is 0 Å². The van der Waals surface area contributed by atoms with Crippen LogP contribution >= 0.6 is 24.0 Å². The molecule has 0 fully saturated rings. The van der Waals surface area contributed by atoms with Gasteiger partial charge in [-0.25, -0.2) is 18.4 Å². The summed E-state index contributed by atoms with van der Waals surface area (Å²) in [5, 5.41) is 25.4. The lowest BCUT2D eigenvalue weighted by molar-refractivity contribution is -0.0366. The molecule has 192 valence electrons. The SMILES string of the molecule is C[C@@H](n1cc2cc(NCc3ccc(Cl)cc3)ccc2n1)[C@](O)(Cn1cncn1)c1ccc(F)cc1F.Cl. The molecular weight excluding hydrogens is 521 g/mol. The lowest BCUT2D eigenvalue weighted by Gasteiger charge is -2.34. The minimum atomic E-state index is -1.80.